The Morgan fingerprint density at radius 1 is 1.30 bits per heavy atom. The highest BCUT2D eigenvalue weighted by Gasteiger charge is 2.45. The Balaban J connectivity index is 1.71. The fourth-order valence-corrected chi connectivity index (χ4v) is 6.08. The summed E-state index contributed by atoms with van der Waals surface area (Å²) < 4.78 is 0. The zero-order valence-corrected chi connectivity index (χ0v) is 19.5. The largest absolute Gasteiger partial charge is 0.393 e. The first-order chi connectivity index (χ1) is 14.0. The zero-order valence-electron chi connectivity index (χ0n) is 19.5. The van der Waals surface area contributed by atoms with E-state index in [4.69, 9.17) is 0 Å². The summed E-state index contributed by atoms with van der Waals surface area (Å²) in [5.74, 6) is 1.12. The van der Waals surface area contributed by atoms with Crippen LogP contribution in [-0.4, -0.2) is 33.1 Å². The van der Waals surface area contributed by atoms with E-state index in [1.165, 1.54) is 18.4 Å². The number of fused-ring (bicyclic) bond motifs is 1. The molecule has 3 N–H and O–H groups in total. The normalized spacial score (nSPS) is 36.2. The van der Waals surface area contributed by atoms with Crippen LogP contribution in [0.3, 0.4) is 0 Å². The molecule has 1 unspecified atom stereocenters. The van der Waals surface area contributed by atoms with Crippen LogP contribution in [0.4, 0.5) is 0 Å². The number of hydrogen-bond donors (Lipinski definition) is 3. The standard InChI is InChI=1S/C27H42O3/c1-18(8-6-14-26(3,4)30)23-12-13-24-20(9-7-15-27(23,24)5)10-11-21-16-22(28)17-25(29)19(21)2/h10-12,18,22,24-25,28-30H,2,6-9,13-17H2,1,3-5H3/b20-10+,21-11-/t18-,22-,24?,25-,27+/m0/s1. The summed E-state index contributed by atoms with van der Waals surface area (Å²) in [5, 5.41) is 30.2. The Morgan fingerprint density at radius 2 is 2.03 bits per heavy atom. The number of rotatable bonds is 6. The second-order valence-corrected chi connectivity index (χ2v) is 10.9. The molecule has 0 aromatic heterocycles. The predicted octanol–water partition coefficient (Wildman–Crippen LogP) is 5.62. The molecule has 0 bridgehead atoms. The second kappa shape index (κ2) is 9.14. The molecule has 3 aliphatic carbocycles. The molecule has 3 nitrogen and oxygen atoms in total. The minimum Gasteiger partial charge on any atom is -0.393 e. The molecule has 30 heavy (non-hydrogen) atoms. The van der Waals surface area contributed by atoms with Crippen molar-refractivity contribution in [2.45, 2.75) is 103 Å². The third-order valence-corrected chi connectivity index (χ3v) is 7.83. The van der Waals surface area contributed by atoms with Crippen LogP contribution in [0.5, 0.6) is 0 Å². The van der Waals surface area contributed by atoms with Crippen LogP contribution < -0.4 is 0 Å². The Bertz CT molecular complexity index is 736. The van der Waals surface area contributed by atoms with Crippen molar-refractivity contribution < 1.29 is 15.3 Å². The van der Waals surface area contributed by atoms with Gasteiger partial charge in [0.25, 0.3) is 0 Å². The molecule has 3 aliphatic rings. The van der Waals surface area contributed by atoms with Crippen LogP contribution in [0.25, 0.3) is 0 Å². The van der Waals surface area contributed by atoms with Crippen molar-refractivity contribution in [3.8, 4) is 0 Å². The number of aliphatic hydroxyl groups excluding tert-OH is 2. The fraction of sp³-hybridized carbons (Fsp3) is 0.704. The van der Waals surface area contributed by atoms with Crippen molar-refractivity contribution in [3.05, 3.63) is 47.1 Å². The van der Waals surface area contributed by atoms with Crippen LogP contribution >= 0.6 is 0 Å². The summed E-state index contributed by atoms with van der Waals surface area (Å²) in [6.07, 6.45) is 14.5. The van der Waals surface area contributed by atoms with Crippen molar-refractivity contribution in [3.63, 3.8) is 0 Å². The third-order valence-electron chi connectivity index (χ3n) is 7.83. The van der Waals surface area contributed by atoms with Gasteiger partial charge in [0.1, 0.15) is 0 Å². The lowest BCUT2D eigenvalue weighted by Gasteiger charge is -2.42. The predicted molar refractivity (Wildman–Crippen MR) is 124 cm³/mol. The molecule has 5 atom stereocenters. The van der Waals surface area contributed by atoms with Gasteiger partial charge in [-0.3, -0.25) is 0 Å². The number of hydrogen-bond acceptors (Lipinski definition) is 3. The van der Waals surface area contributed by atoms with Gasteiger partial charge in [0.05, 0.1) is 17.8 Å². The highest BCUT2D eigenvalue weighted by atomic mass is 16.3. The maximum absolute atomic E-state index is 10.1. The molecule has 2 saturated carbocycles. The molecule has 168 valence electrons. The Morgan fingerprint density at radius 3 is 2.73 bits per heavy atom. The monoisotopic (exact) mass is 414 g/mol. The van der Waals surface area contributed by atoms with Gasteiger partial charge in [0, 0.05) is 6.42 Å². The van der Waals surface area contributed by atoms with Gasteiger partial charge >= 0.3 is 0 Å². The van der Waals surface area contributed by atoms with E-state index in [1.807, 2.05) is 13.8 Å². The number of allylic oxidation sites excluding steroid dienone is 5. The van der Waals surface area contributed by atoms with Gasteiger partial charge in [-0.25, -0.2) is 0 Å². The summed E-state index contributed by atoms with van der Waals surface area (Å²) in [6, 6.07) is 0. The van der Waals surface area contributed by atoms with E-state index < -0.39 is 17.8 Å². The van der Waals surface area contributed by atoms with Gasteiger partial charge in [0.15, 0.2) is 0 Å². The van der Waals surface area contributed by atoms with Gasteiger partial charge in [-0.1, -0.05) is 56.2 Å². The van der Waals surface area contributed by atoms with Gasteiger partial charge in [-0.2, -0.15) is 0 Å². The second-order valence-electron chi connectivity index (χ2n) is 10.9. The smallest absolute Gasteiger partial charge is 0.0811 e. The van der Waals surface area contributed by atoms with E-state index in [0.29, 0.717) is 24.7 Å². The first kappa shape index (κ1) is 23.5. The van der Waals surface area contributed by atoms with Crippen LogP contribution in [0.15, 0.2) is 47.1 Å². The molecule has 0 amide bonds. The molecule has 2 fully saturated rings. The lowest BCUT2D eigenvalue weighted by atomic mass is 9.62. The van der Waals surface area contributed by atoms with Crippen molar-refractivity contribution in [1.82, 2.24) is 0 Å². The fourth-order valence-electron chi connectivity index (χ4n) is 6.08. The average molecular weight is 415 g/mol. The third kappa shape index (κ3) is 5.18. The molecule has 0 heterocycles. The van der Waals surface area contributed by atoms with Gasteiger partial charge < -0.3 is 15.3 Å². The molecule has 3 rings (SSSR count). The van der Waals surface area contributed by atoms with E-state index in [9.17, 15) is 15.3 Å². The quantitative estimate of drug-likeness (QED) is 0.494. The molecule has 0 saturated heterocycles. The highest BCUT2D eigenvalue weighted by molar-refractivity contribution is 5.40. The Kier molecular flexibility index (Phi) is 7.16. The van der Waals surface area contributed by atoms with E-state index in [2.05, 4.69) is 38.7 Å². The topological polar surface area (TPSA) is 60.7 Å². The molecule has 0 aromatic rings. The summed E-state index contributed by atoms with van der Waals surface area (Å²) in [4.78, 5) is 0. The summed E-state index contributed by atoms with van der Waals surface area (Å²) in [7, 11) is 0. The van der Waals surface area contributed by atoms with Gasteiger partial charge in [0.2, 0.25) is 0 Å². The van der Waals surface area contributed by atoms with Crippen molar-refractivity contribution in [2.24, 2.45) is 17.3 Å². The van der Waals surface area contributed by atoms with Crippen molar-refractivity contribution in [1.29, 1.82) is 0 Å². The maximum Gasteiger partial charge on any atom is 0.0811 e. The van der Waals surface area contributed by atoms with E-state index in [1.54, 1.807) is 5.57 Å². The maximum atomic E-state index is 10.1. The molecule has 0 aliphatic heterocycles. The highest BCUT2D eigenvalue weighted by Crippen LogP contribution is 2.57. The van der Waals surface area contributed by atoms with Gasteiger partial charge in [-0.05, 0) is 87.2 Å². The van der Waals surface area contributed by atoms with Crippen molar-refractivity contribution in [2.75, 3.05) is 0 Å². The molecule has 3 heteroatoms. The molecular weight excluding hydrogens is 372 g/mol. The minimum atomic E-state index is -0.625. The SMILES string of the molecule is C=C1/C(=C\C=C2/CCC[C@]3(C)C([C@@H](C)CCCC(C)(C)O)=CCC23)C[C@H](O)C[C@@H]1O. The molecule has 0 radical (unpaired) electrons. The van der Waals surface area contributed by atoms with E-state index in [-0.39, 0.29) is 5.41 Å². The summed E-state index contributed by atoms with van der Waals surface area (Å²) in [5.41, 5.74) is 4.55. The van der Waals surface area contributed by atoms with E-state index in [0.717, 1.165) is 43.3 Å². The Labute approximate surface area is 183 Å². The molecule has 0 aromatic carbocycles. The van der Waals surface area contributed by atoms with Crippen molar-refractivity contribution >= 4 is 0 Å². The minimum absolute atomic E-state index is 0.235. The molecular formula is C27H42O3. The summed E-state index contributed by atoms with van der Waals surface area (Å²) >= 11 is 0. The lowest BCUT2D eigenvalue weighted by molar-refractivity contribution is 0.0670. The first-order valence-corrected chi connectivity index (χ1v) is 11.9. The Hall–Kier alpha value is -1.16. The first-order valence-electron chi connectivity index (χ1n) is 11.9. The van der Waals surface area contributed by atoms with E-state index >= 15 is 0 Å². The lowest BCUT2D eigenvalue weighted by Crippen LogP contribution is -2.32. The van der Waals surface area contributed by atoms with Crippen LogP contribution in [0, 0.1) is 17.3 Å². The van der Waals surface area contributed by atoms with Crippen LogP contribution in [0.2, 0.25) is 0 Å². The zero-order chi connectivity index (χ0) is 22.1. The van der Waals surface area contributed by atoms with Gasteiger partial charge in [-0.15, -0.1) is 0 Å². The van der Waals surface area contributed by atoms with Crippen LogP contribution in [0.1, 0.15) is 85.5 Å². The molecule has 0 spiro atoms. The number of aliphatic hydroxyl groups is 3. The van der Waals surface area contributed by atoms with Crippen LogP contribution in [-0.2, 0) is 0 Å². The average Bonchev–Trinajstić information content (AvgIpc) is 3.00. The summed E-state index contributed by atoms with van der Waals surface area (Å²) in [6.45, 7) is 12.7.